The van der Waals surface area contributed by atoms with Crippen molar-refractivity contribution in [1.82, 2.24) is 29.5 Å². The lowest BCUT2D eigenvalue weighted by atomic mass is 9.93. The van der Waals surface area contributed by atoms with Gasteiger partial charge in [0, 0.05) is 39.1 Å². The molecule has 3 rings (SSSR count). The Bertz CT molecular complexity index is 595. The van der Waals surface area contributed by atoms with Gasteiger partial charge in [-0.05, 0) is 71.6 Å². The molecule has 0 spiro atoms. The summed E-state index contributed by atoms with van der Waals surface area (Å²) in [6, 6.07) is 0.434. The van der Waals surface area contributed by atoms with Crippen LogP contribution in [0.1, 0.15) is 44.3 Å². The molecule has 0 N–H and O–H groups in total. The summed E-state index contributed by atoms with van der Waals surface area (Å²) in [6.45, 7) is 8.48. The molecular formula is C20H36N6O. The number of carbonyl (C=O) groups is 1. The Kier molecular flexibility index (Phi) is 7.24. The molecule has 1 atom stereocenters. The highest BCUT2D eigenvalue weighted by atomic mass is 16.2. The van der Waals surface area contributed by atoms with Crippen LogP contribution in [-0.4, -0.2) is 88.2 Å². The number of nitrogens with zero attached hydrogens (tertiary/aromatic N) is 6. The SMILES string of the molecule is Cc1nncn1CCN1CCC[C@H](CCC(=O)N(C)C2CCN(C)CC2)C1. The Hall–Kier alpha value is -1.47. The highest BCUT2D eigenvalue weighted by Crippen LogP contribution is 2.22. The van der Waals surface area contributed by atoms with E-state index in [9.17, 15) is 4.79 Å². The van der Waals surface area contributed by atoms with Gasteiger partial charge < -0.3 is 19.3 Å². The minimum atomic E-state index is 0.335. The van der Waals surface area contributed by atoms with E-state index in [0.29, 0.717) is 24.3 Å². The number of carbonyl (C=O) groups excluding carboxylic acids is 1. The first kappa shape index (κ1) is 20.3. The van der Waals surface area contributed by atoms with Crippen LogP contribution in [0.25, 0.3) is 0 Å². The number of likely N-dealkylation sites (tertiary alicyclic amines) is 2. The highest BCUT2D eigenvalue weighted by Gasteiger charge is 2.25. The third-order valence-electron chi connectivity index (χ3n) is 6.47. The van der Waals surface area contributed by atoms with Crippen molar-refractivity contribution in [1.29, 1.82) is 0 Å². The number of amides is 1. The van der Waals surface area contributed by atoms with Gasteiger partial charge in [-0.2, -0.15) is 0 Å². The molecule has 3 heterocycles. The normalized spacial score (nSPS) is 22.9. The maximum atomic E-state index is 12.6. The first-order chi connectivity index (χ1) is 13.0. The van der Waals surface area contributed by atoms with Crippen LogP contribution < -0.4 is 0 Å². The first-order valence-corrected chi connectivity index (χ1v) is 10.5. The van der Waals surface area contributed by atoms with Crippen LogP contribution in [-0.2, 0) is 11.3 Å². The smallest absolute Gasteiger partial charge is 0.222 e. The van der Waals surface area contributed by atoms with E-state index in [0.717, 1.165) is 57.8 Å². The summed E-state index contributed by atoms with van der Waals surface area (Å²) in [6.07, 6.45) is 8.26. The van der Waals surface area contributed by atoms with Crippen LogP contribution in [0.4, 0.5) is 0 Å². The van der Waals surface area contributed by atoms with Crippen LogP contribution in [0.3, 0.4) is 0 Å². The van der Waals surface area contributed by atoms with Crippen molar-refractivity contribution in [3.63, 3.8) is 0 Å². The summed E-state index contributed by atoms with van der Waals surface area (Å²) in [5, 5.41) is 8.01. The maximum Gasteiger partial charge on any atom is 0.222 e. The zero-order chi connectivity index (χ0) is 19.2. The molecule has 152 valence electrons. The number of rotatable bonds is 7. The van der Waals surface area contributed by atoms with Gasteiger partial charge in [0.05, 0.1) is 0 Å². The summed E-state index contributed by atoms with van der Waals surface area (Å²) in [7, 11) is 4.17. The average Bonchev–Trinajstić information content (AvgIpc) is 3.09. The van der Waals surface area contributed by atoms with Crippen molar-refractivity contribution < 1.29 is 4.79 Å². The van der Waals surface area contributed by atoms with Crippen molar-refractivity contribution in [2.75, 3.05) is 46.8 Å². The Labute approximate surface area is 163 Å². The van der Waals surface area contributed by atoms with E-state index in [-0.39, 0.29) is 0 Å². The average molecular weight is 377 g/mol. The fraction of sp³-hybridized carbons (Fsp3) is 0.850. The molecule has 2 aliphatic rings. The lowest BCUT2D eigenvalue weighted by Crippen LogP contribution is -2.44. The van der Waals surface area contributed by atoms with Gasteiger partial charge in [-0.15, -0.1) is 10.2 Å². The number of piperidine rings is 2. The fourth-order valence-electron chi connectivity index (χ4n) is 4.46. The molecule has 1 amide bonds. The van der Waals surface area contributed by atoms with Crippen LogP contribution >= 0.6 is 0 Å². The maximum absolute atomic E-state index is 12.6. The van der Waals surface area contributed by atoms with Gasteiger partial charge in [-0.3, -0.25) is 4.79 Å². The molecule has 1 aromatic rings. The Morgan fingerprint density at radius 3 is 2.70 bits per heavy atom. The minimum absolute atomic E-state index is 0.335. The van der Waals surface area contributed by atoms with Crippen molar-refractivity contribution >= 4 is 5.91 Å². The Morgan fingerprint density at radius 1 is 1.22 bits per heavy atom. The lowest BCUT2D eigenvalue weighted by Gasteiger charge is -2.36. The van der Waals surface area contributed by atoms with Gasteiger partial charge in [-0.25, -0.2) is 0 Å². The minimum Gasteiger partial charge on any atom is -0.343 e. The molecule has 0 aromatic carbocycles. The quantitative estimate of drug-likeness (QED) is 0.724. The predicted molar refractivity (Wildman–Crippen MR) is 106 cm³/mol. The van der Waals surface area contributed by atoms with E-state index < -0.39 is 0 Å². The third kappa shape index (κ3) is 5.75. The van der Waals surface area contributed by atoms with E-state index in [1.807, 2.05) is 25.2 Å². The van der Waals surface area contributed by atoms with Gasteiger partial charge in [0.1, 0.15) is 12.2 Å². The number of aromatic nitrogens is 3. The predicted octanol–water partition coefficient (Wildman–Crippen LogP) is 1.63. The van der Waals surface area contributed by atoms with E-state index in [4.69, 9.17) is 0 Å². The molecule has 0 unspecified atom stereocenters. The molecular weight excluding hydrogens is 340 g/mol. The summed E-state index contributed by atoms with van der Waals surface area (Å²) in [5.41, 5.74) is 0. The molecule has 2 saturated heterocycles. The van der Waals surface area contributed by atoms with Crippen LogP contribution in [0.15, 0.2) is 6.33 Å². The second-order valence-corrected chi connectivity index (χ2v) is 8.46. The molecule has 1 aromatic heterocycles. The Balaban J connectivity index is 1.38. The van der Waals surface area contributed by atoms with E-state index in [1.54, 1.807) is 0 Å². The Morgan fingerprint density at radius 2 is 2.00 bits per heavy atom. The third-order valence-corrected chi connectivity index (χ3v) is 6.47. The molecule has 27 heavy (non-hydrogen) atoms. The van der Waals surface area contributed by atoms with Gasteiger partial charge in [0.15, 0.2) is 0 Å². The summed E-state index contributed by atoms with van der Waals surface area (Å²) < 4.78 is 2.11. The second-order valence-electron chi connectivity index (χ2n) is 8.46. The molecule has 0 saturated carbocycles. The van der Waals surface area contributed by atoms with Crippen molar-refractivity contribution in [3.8, 4) is 0 Å². The first-order valence-electron chi connectivity index (χ1n) is 10.5. The summed E-state index contributed by atoms with van der Waals surface area (Å²) in [5.74, 6) is 1.96. The molecule has 2 aliphatic heterocycles. The molecule has 0 bridgehead atoms. The summed E-state index contributed by atoms with van der Waals surface area (Å²) in [4.78, 5) is 19.6. The standard InChI is InChI=1S/C20H36N6O/c1-17-22-21-16-26(17)14-13-25-10-4-5-18(15-25)6-7-20(27)24(3)19-8-11-23(2)12-9-19/h16,18-19H,4-15H2,1-3H3/t18-/m1/s1. The molecule has 0 aliphatic carbocycles. The molecule has 0 radical (unpaired) electrons. The number of hydrogen-bond acceptors (Lipinski definition) is 5. The largest absolute Gasteiger partial charge is 0.343 e. The molecule has 2 fully saturated rings. The van der Waals surface area contributed by atoms with Gasteiger partial charge in [0.25, 0.3) is 0 Å². The lowest BCUT2D eigenvalue weighted by molar-refractivity contribution is -0.133. The van der Waals surface area contributed by atoms with E-state index in [1.165, 1.54) is 19.4 Å². The number of hydrogen-bond donors (Lipinski definition) is 0. The molecule has 7 nitrogen and oxygen atoms in total. The van der Waals surface area contributed by atoms with Gasteiger partial charge in [0.2, 0.25) is 5.91 Å². The zero-order valence-corrected chi connectivity index (χ0v) is 17.3. The van der Waals surface area contributed by atoms with E-state index >= 15 is 0 Å². The van der Waals surface area contributed by atoms with Crippen molar-refractivity contribution in [2.24, 2.45) is 5.92 Å². The summed E-state index contributed by atoms with van der Waals surface area (Å²) >= 11 is 0. The van der Waals surface area contributed by atoms with Gasteiger partial charge >= 0.3 is 0 Å². The van der Waals surface area contributed by atoms with Crippen molar-refractivity contribution in [3.05, 3.63) is 12.2 Å². The van der Waals surface area contributed by atoms with Crippen molar-refractivity contribution in [2.45, 2.75) is 58.0 Å². The number of aryl methyl sites for hydroxylation is 1. The van der Waals surface area contributed by atoms with Crippen LogP contribution in [0, 0.1) is 12.8 Å². The highest BCUT2D eigenvalue weighted by molar-refractivity contribution is 5.76. The zero-order valence-electron chi connectivity index (χ0n) is 17.3. The second kappa shape index (κ2) is 9.64. The van der Waals surface area contributed by atoms with E-state index in [2.05, 4.69) is 31.6 Å². The van der Waals surface area contributed by atoms with Crippen LogP contribution in [0.2, 0.25) is 0 Å². The van der Waals surface area contributed by atoms with Crippen LogP contribution in [0.5, 0.6) is 0 Å². The topological polar surface area (TPSA) is 57.5 Å². The fourth-order valence-corrected chi connectivity index (χ4v) is 4.46. The monoisotopic (exact) mass is 376 g/mol. The van der Waals surface area contributed by atoms with Gasteiger partial charge in [-0.1, -0.05) is 0 Å². The molecule has 7 heteroatoms.